The summed E-state index contributed by atoms with van der Waals surface area (Å²) in [6.07, 6.45) is 5.08. The Morgan fingerprint density at radius 2 is 2.00 bits per heavy atom. The van der Waals surface area contributed by atoms with Crippen LogP contribution in [-0.4, -0.2) is 44.9 Å². The average molecular weight is 434 g/mol. The molecule has 1 aromatic heterocycles. The zero-order valence-electron chi connectivity index (χ0n) is 17.4. The summed E-state index contributed by atoms with van der Waals surface area (Å²) in [7, 11) is 1.83. The zero-order chi connectivity index (χ0) is 21.5. The Kier molecular flexibility index (Phi) is 7.84. The summed E-state index contributed by atoms with van der Waals surface area (Å²) in [6, 6.07) is 6.13. The van der Waals surface area contributed by atoms with Crippen LogP contribution >= 0.6 is 11.8 Å². The quantitative estimate of drug-likeness (QED) is 0.625. The van der Waals surface area contributed by atoms with E-state index in [4.69, 9.17) is 0 Å². The van der Waals surface area contributed by atoms with Crippen LogP contribution in [0, 0.1) is 11.7 Å². The molecule has 0 radical (unpaired) electrons. The number of nitrogens with one attached hydrogen (secondary N) is 2. The molecule has 162 valence electrons. The number of hydrogen-bond acceptors (Lipinski definition) is 5. The van der Waals surface area contributed by atoms with Crippen LogP contribution in [0.1, 0.15) is 48.8 Å². The largest absolute Gasteiger partial charge is 0.352 e. The minimum atomic E-state index is -0.548. The fourth-order valence-electron chi connectivity index (χ4n) is 3.63. The molecule has 1 aliphatic rings. The fraction of sp³-hybridized carbons (Fsp3) is 0.524. The Balaban J connectivity index is 1.44. The predicted octanol–water partition coefficient (Wildman–Crippen LogP) is 2.71. The van der Waals surface area contributed by atoms with Crippen LogP contribution < -0.4 is 10.6 Å². The number of hydrogen-bond donors (Lipinski definition) is 2. The van der Waals surface area contributed by atoms with Crippen molar-refractivity contribution in [2.75, 3.05) is 12.3 Å². The van der Waals surface area contributed by atoms with Gasteiger partial charge >= 0.3 is 0 Å². The van der Waals surface area contributed by atoms with Crippen molar-refractivity contribution in [3.05, 3.63) is 41.5 Å². The Hall–Kier alpha value is -2.42. The molecule has 3 rings (SSSR count). The van der Waals surface area contributed by atoms with Crippen molar-refractivity contribution in [2.45, 2.75) is 50.2 Å². The molecule has 1 heterocycles. The van der Waals surface area contributed by atoms with Gasteiger partial charge in [-0.25, -0.2) is 4.39 Å². The van der Waals surface area contributed by atoms with Crippen LogP contribution in [0.15, 0.2) is 29.4 Å². The SMILES string of the molecule is C[C@H]1CCCC[C@H]1NC(=O)CSc1nnc(CCNC(=O)c2ccccc2F)n1C. The van der Waals surface area contributed by atoms with E-state index in [1.165, 1.54) is 36.7 Å². The summed E-state index contributed by atoms with van der Waals surface area (Å²) in [6.45, 7) is 2.50. The molecule has 2 N–H and O–H groups in total. The predicted molar refractivity (Wildman–Crippen MR) is 114 cm³/mol. The third-order valence-electron chi connectivity index (χ3n) is 5.47. The van der Waals surface area contributed by atoms with Crippen LogP contribution in [-0.2, 0) is 18.3 Å². The van der Waals surface area contributed by atoms with Crippen molar-refractivity contribution in [1.29, 1.82) is 0 Å². The fourth-order valence-corrected chi connectivity index (χ4v) is 4.37. The smallest absolute Gasteiger partial charge is 0.254 e. The van der Waals surface area contributed by atoms with Gasteiger partial charge in [-0.3, -0.25) is 9.59 Å². The van der Waals surface area contributed by atoms with Gasteiger partial charge in [-0.05, 0) is 30.9 Å². The normalized spacial score (nSPS) is 18.8. The van der Waals surface area contributed by atoms with Gasteiger partial charge in [0, 0.05) is 26.1 Å². The van der Waals surface area contributed by atoms with E-state index in [2.05, 4.69) is 27.8 Å². The van der Waals surface area contributed by atoms with Crippen LogP contribution in [0.5, 0.6) is 0 Å². The highest BCUT2D eigenvalue weighted by Gasteiger charge is 2.23. The molecule has 0 unspecified atom stereocenters. The minimum absolute atomic E-state index is 0.0143. The van der Waals surface area contributed by atoms with Crippen LogP contribution in [0.3, 0.4) is 0 Å². The van der Waals surface area contributed by atoms with E-state index in [1.807, 2.05) is 11.6 Å². The minimum Gasteiger partial charge on any atom is -0.352 e. The van der Waals surface area contributed by atoms with Gasteiger partial charge in [-0.15, -0.1) is 10.2 Å². The maximum Gasteiger partial charge on any atom is 0.254 e. The number of carbonyl (C=O) groups excluding carboxylic acids is 2. The number of nitrogens with zero attached hydrogens (tertiary/aromatic N) is 3. The van der Waals surface area contributed by atoms with Gasteiger partial charge in [0.25, 0.3) is 5.91 Å². The van der Waals surface area contributed by atoms with E-state index < -0.39 is 11.7 Å². The number of carbonyl (C=O) groups is 2. The number of benzene rings is 1. The second-order valence-corrected chi connectivity index (χ2v) is 8.61. The van der Waals surface area contributed by atoms with Crippen LogP contribution in [0.25, 0.3) is 0 Å². The molecule has 7 nitrogen and oxygen atoms in total. The Morgan fingerprint density at radius 1 is 1.23 bits per heavy atom. The first kappa shape index (κ1) is 22.3. The Morgan fingerprint density at radius 3 is 2.77 bits per heavy atom. The summed E-state index contributed by atoms with van der Waals surface area (Å²) in [4.78, 5) is 24.4. The Labute approximate surface area is 180 Å². The standard InChI is InChI=1S/C21H28FN5O2S/c1-14-7-3-6-10-17(14)24-19(28)13-30-21-26-25-18(27(21)2)11-12-23-20(29)15-8-4-5-9-16(15)22/h4-5,8-9,14,17H,3,6-7,10-13H2,1-2H3,(H,23,29)(H,24,28)/t14-,17+/m0/s1. The highest BCUT2D eigenvalue weighted by atomic mass is 32.2. The van der Waals surface area contributed by atoms with Crippen molar-refractivity contribution < 1.29 is 14.0 Å². The molecule has 0 saturated heterocycles. The number of aromatic nitrogens is 3. The molecule has 0 aliphatic heterocycles. The lowest BCUT2D eigenvalue weighted by molar-refractivity contribution is -0.119. The highest BCUT2D eigenvalue weighted by Crippen LogP contribution is 2.24. The van der Waals surface area contributed by atoms with Crippen molar-refractivity contribution >= 4 is 23.6 Å². The second kappa shape index (κ2) is 10.6. The third-order valence-corrected chi connectivity index (χ3v) is 6.49. The molecule has 2 aromatic rings. The van der Waals surface area contributed by atoms with E-state index in [9.17, 15) is 14.0 Å². The van der Waals surface area contributed by atoms with E-state index in [0.717, 1.165) is 12.8 Å². The Bertz CT molecular complexity index is 888. The van der Waals surface area contributed by atoms with Gasteiger partial charge in [0.15, 0.2) is 5.16 Å². The van der Waals surface area contributed by atoms with E-state index in [-0.39, 0.29) is 17.5 Å². The molecule has 0 bridgehead atoms. The maximum absolute atomic E-state index is 13.7. The molecule has 1 saturated carbocycles. The average Bonchev–Trinajstić information content (AvgIpc) is 3.08. The lowest BCUT2D eigenvalue weighted by atomic mass is 9.86. The molecule has 2 amide bonds. The van der Waals surface area contributed by atoms with Gasteiger partial charge in [-0.1, -0.05) is 43.7 Å². The molecule has 30 heavy (non-hydrogen) atoms. The molecule has 2 atom stereocenters. The van der Waals surface area contributed by atoms with Gasteiger partial charge < -0.3 is 15.2 Å². The zero-order valence-corrected chi connectivity index (χ0v) is 18.2. The monoisotopic (exact) mass is 433 g/mol. The van der Waals surface area contributed by atoms with Crippen LogP contribution in [0.2, 0.25) is 0 Å². The first-order valence-corrected chi connectivity index (χ1v) is 11.3. The lowest BCUT2D eigenvalue weighted by Crippen LogP contribution is -2.41. The van der Waals surface area contributed by atoms with Gasteiger partial charge in [0.05, 0.1) is 11.3 Å². The van der Waals surface area contributed by atoms with Crippen LogP contribution in [0.4, 0.5) is 4.39 Å². The molecular formula is C21H28FN5O2S. The molecular weight excluding hydrogens is 405 g/mol. The van der Waals surface area contributed by atoms with E-state index >= 15 is 0 Å². The topological polar surface area (TPSA) is 88.9 Å². The molecule has 0 spiro atoms. The van der Waals surface area contributed by atoms with Gasteiger partial charge in [0.2, 0.25) is 5.91 Å². The molecule has 1 fully saturated rings. The van der Waals surface area contributed by atoms with E-state index in [0.29, 0.717) is 35.6 Å². The number of amides is 2. The summed E-state index contributed by atoms with van der Waals surface area (Å²) < 4.78 is 15.5. The first-order chi connectivity index (χ1) is 14.5. The molecule has 1 aliphatic carbocycles. The summed E-state index contributed by atoms with van der Waals surface area (Å²) in [5, 5.41) is 14.8. The van der Waals surface area contributed by atoms with Crippen molar-refractivity contribution in [3.63, 3.8) is 0 Å². The highest BCUT2D eigenvalue weighted by molar-refractivity contribution is 7.99. The maximum atomic E-state index is 13.7. The summed E-state index contributed by atoms with van der Waals surface area (Å²) in [5.41, 5.74) is 0.0185. The molecule has 1 aromatic carbocycles. The second-order valence-electron chi connectivity index (χ2n) is 7.67. The third kappa shape index (κ3) is 5.81. The number of thioether (sulfide) groups is 1. The summed E-state index contributed by atoms with van der Waals surface area (Å²) in [5.74, 6) is 0.507. The van der Waals surface area contributed by atoms with E-state index in [1.54, 1.807) is 12.1 Å². The molecule has 9 heteroatoms. The number of rotatable bonds is 8. The first-order valence-electron chi connectivity index (χ1n) is 10.3. The lowest BCUT2D eigenvalue weighted by Gasteiger charge is -2.29. The van der Waals surface area contributed by atoms with Gasteiger partial charge in [-0.2, -0.15) is 0 Å². The van der Waals surface area contributed by atoms with Crippen molar-refractivity contribution in [2.24, 2.45) is 13.0 Å². The van der Waals surface area contributed by atoms with Crippen molar-refractivity contribution in [1.82, 2.24) is 25.4 Å². The summed E-state index contributed by atoms with van der Waals surface area (Å²) >= 11 is 1.34. The van der Waals surface area contributed by atoms with Gasteiger partial charge in [0.1, 0.15) is 11.6 Å². The number of halogens is 1. The van der Waals surface area contributed by atoms with Crippen molar-refractivity contribution in [3.8, 4) is 0 Å².